The maximum atomic E-state index is 10.8. The molecule has 1 unspecified atom stereocenters. The molecule has 0 radical (unpaired) electrons. The molecule has 0 aromatic heterocycles. The summed E-state index contributed by atoms with van der Waals surface area (Å²) in [6, 6.07) is 0.322. The fourth-order valence-corrected chi connectivity index (χ4v) is 1.06. The molecular formula is C8H12ClNO2. The van der Waals surface area contributed by atoms with Gasteiger partial charge < -0.3 is 10.1 Å². The van der Waals surface area contributed by atoms with Crippen molar-refractivity contribution in [1.29, 1.82) is 0 Å². The summed E-state index contributed by atoms with van der Waals surface area (Å²) in [6.45, 7) is 4.37. The molecule has 1 aliphatic heterocycles. The monoisotopic (exact) mass is 189 g/mol. The highest BCUT2D eigenvalue weighted by molar-refractivity contribution is 6.42. The van der Waals surface area contributed by atoms with E-state index in [0.717, 1.165) is 6.42 Å². The highest BCUT2D eigenvalue weighted by Gasteiger charge is 2.23. The van der Waals surface area contributed by atoms with E-state index in [1.165, 1.54) is 0 Å². The molecule has 12 heavy (non-hydrogen) atoms. The maximum Gasteiger partial charge on any atom is 0.352 e. The molecule has 0 aromatic carbocycles. The van der Waals surface area contributed by atoms with Crippen LogP contribution >= 0.6 is 11.6 Å². The Kier molecular flexibility index (Phi) is 2.98. The van der Waals surface area contributed by atoms with Crippen LogP contribution in [0.1, 0.15) is 20.3 Å². The summed E-state index contributed by atoms with van der Waals surface area (Å²) in [4.78, 5) is 10.8. The highest BCUT2D eigenvalue weighted by atomic mass is 35.5. The van der Waals surface area contributed by atoms with Gasteiger partial charge in [-0.1, -0.05) is 18.5 Å². The number of rotatable bonds is 3. The number of esters is 1. The van der Waals surface area contributed by atoms with Gasteiger partial charge in [0.25, 0.3) is 0 Å². The van der Waals surface area contributed by atoms with Crippen molar-refractivity contribution >= 4 is 17.6 Å². The van der Waals surface area contributed by atoms with Crippen molar-refractivity contribution in [2.24, 2.45) is 0 Å². The fraction of sp³-hybridized carbons (Fsp3) is 0.625. The Hall–Kier alpha value is -0.700. The van der Waals surface area contributed by atoms with Gasteiger partial charge in [0.2, 0.25) is 0 Å². The zero-order valence-electron chi connectivity index (χ0n) is 7.19. The van der Waals surface area contributed by atoms with E-state index in [2.05, 4.69) is 12.2 Å². The van der Waals surface area contributed by atoms with Crippen molar-refractivity contribution in [3.63, 3.8) is 0 Å². The van der Waals surface area contributed by atoms with E-state index in [9.17, 15) is 4.79 Å². The first-order chi connectivity index (χ1) is 5.65. The van der Waals surface area contributed by atoms with E-state index in [4.69, 9.17) is 16.3 Å². The summed E-state index contributed by atoms with van der Waals surface area (Å²) in [7, 11) is 0. The number of carbonyl (C=O) groups is 1. The minimum absolute atomic E-state index is 0.190. The van der Waals surface area contributed by atoms with Crippen molar-refractivity contribution in [3.05, 3.63) is 10.7 Å². The first-order valence-corrected chi connectivity index (χ1v) is 4.35. The Morgan fingerprint density at radius 3 is 2.83 bits per heavy atom. The third-order valence-electron chi connectivity index (χ3n) is 1.82. The van der Waals surface area contributed by atoms with Crippen LogP contribution in [0.2, 0.25) is 0 Å². The smallest absolute Gasteiger partial charge is 0.352 e. The molecule has 0 saturated heterocycles. The lowest BCUT2D eigenvalue weighted by Gasteiger charge is -2.12. The van der Waals surface area contributed by atoms with Gasteiger partial charge in [0.05, 0.1) is 5.70 Å². The van der Waals surface area contributed by atoms with Crippen molar-refractivity contribution in [2.45, 2.75) is 26.3 Å². The summed E-state index contributed by atoms with van der Waals surface area (Å²) in [6.07, 6.45) is 0.988. The molecule has 1 N–H and O–H groups in total. The Bertz CT molecular complexity index is 225. The van der Waals surface area contributed by atoms with E-state index in [1.807, 2.05) is 6.92 Å². The molecule has 0 bridgehead atoms. The van der Waals surface area contributed by atoms with Crippen molar-refractivity contribution < 1.29 is 9.53 Å². The van der Waals surface area contributed by atoms with E-state index >= 15 is 0 Å². The van der Waals surface area contributed by atoms with Gasteiger partial charge in [0, 0.05) is 6.04 Å². The molecule has 0 amide bonds. The van der Waals surface area contributed by atoms with Crippen molar-refractivity contribution in [3.8, 4) is 0 Å². The Balaban J connectivity index is 2.58. The van der Waals surface area contributed by atoms with Crippen LogP contribution in [-0.2, 0) is 9.53 Å². The van der Waals surface area contributed by atoms with Gasteiger partial charge in [0.1, 0.15) is 11.6 Å². The Labute approximate surface area is 76.7 Å². The van der Waals surface area contributed by atoms with Crippen molar-refractivity contribution in [2.75, 3.05) is 6.61 Å². The van der Waals surface area contributed by atoms with Crippen LogP contribution in [0.15, 0.2) is 10.7 Å². The number of halogens is 1. The number of cyclic esters (lactones) is 1. The molecule has 1 atom stereocenters. The van der Waals surface area contributed by atoms with Crippen LogP contribution in [0, 0.1) is 0 Å². The average molecular weight is 190 g/mol. The minimum atomic E-state index is -0.428. The van der Waals surface area contributed by atoms with E-state index < -0.39 is 5.97 Å². The second kappa shape index (κ2) is 3.81. The van der Waals surface area contributed by atoms with Crippen LogP contribution in [-0.4, -0.2) is 18.6 Å². The van der Waals surface area contributed by atoms with E-state index in [0.29, 0.717) is 11.7 Å². The normalized spacial score (nSPS) is 19.4. The number of nitrogens with one attached hydrogen (secondary N) is 1. The Morgan fingerprint density at radius 2 is 2.42 bits per heavy atom. The molecule has 4 heteroatoms. The second-order valence-corrected chi connectivity index (χ2v) is 3.20. The average Bonchev–Trinajstić information content (AvgIpc) is 2.36. The SMILES string of the molecule is CCC(C)NC1=C(Cl)C(=O)OC1. The molecule has 1 aliphatic rings. The van der Waals surface area contributed by atoms with Crippen LogP contribution in [0.5, 0.6) is 0 Å². The molecule has 1 heterocycles. The predicted octanol–water partition coefficient (Wildman–Crippen LogP) is 1.38. The standard InChI is InChI=1S/C8H12ClNO2/c1-3-5(2)10-6-4-12-8(11)7(6)9/h5,10H,3-4H2,1-2H3. The number of hydrogen-bond acceptors (Lipinski definition) is 3. The maximum absolute atomic E-state index is 10.8. The minimum Gasteiger partial charge on any atom is -0.455 e. The molecular weight excluding hydrogens is 178 g/mol. The van der Waals surface area contributed by atoms with Gasteiger partial charge in [0.15, 0.2) is 0 Å². The lowest BCUT2D eigenvalue weighted by molar-refractivity contribution is -0.135. The van der Waals surface area contributed by atoms with Gasteiger partial charge in [-0.2, -0.15) is 0 Å². The first-order valence-electron chi connectivity index (χ1n) is 3.97. The summed E-state index contributed by atoms with van der Waals surface area (Å²) >= 11 is 5.67. The first kappa shape index (κ1) is 9.39. The molecule has 0 saturated carbocycles. The molecule has 0 fully saturated rings. The van der Waals surface area contributed by atoms with Crippen LogP contribution in [0.25, 0.3) is 0 Å². The summed E-state index contributed by atoms with van der Waals surface area (Å²) in [5.41, 5.74) is 0.705. The van der Waals surface area contributed by atoms with Crippen LogP contribution in [0.4, 0.5) is 0 Å². The van der Waals surface area contributed by atoms with Gasteiger partial charge in [-0.3, -0.25) is 0 Å². The zero-order chi connectivity index (χ0) is 9.14. The molecule has 68 valence electrons. The molecule has 3 nitrogen and oxygen atoms in total. The largest absolute Gasteiger partial charge is 0.455 e. The second-order valence-electron chi connectivity index (χ2n) is 2.82. The predicted molar refractivity (Wildman–Crippen MR) is 46.7 cm³/mol. The van der Waals surface area contributed by atoms with E-state index in [1.54, 1.807) is 0 Å². The fourth-order valence-electron chi connectivity index (χ4n) is 0.892. The lowest BCUT2D eigenvalue weighted by atomic mass is 10.2. The zero-order valence-corrected chi connectivity index (χ0v) is 7.94. The Morgan fingerprint density at radius 1 is 1.75 bits per heavy atom. The van der Waals surface area contributed by atoms with Gasteiger partial charge in [-0.05, 0) is 13.3 Å². The van der Waals surface area contributed by atoms with Crippen LogP contribution in [0.3, 0.4) is 0 Å². The molecule has 0 aromatic rings. The van der Waals surface area contributed by atoms with Crippen molar-refractivity contribution in [1.82, 2.24) is 5.32 Å². The van der Waals surface area contributed by atoms with Gasteiger partial charge >= 0.3 is 5.97 Å². The lowest BCUT2D eigenvalue weighted by Crippen LogP contribution is -2.25. The molecule has 0 aliphatic carbocycles. The third-order valence-corrected chi connectivity index (χ3v) is 2.21. The number of hydrogen-bond donors (Lipinski definition) is 1. The van der Waals surface area contributed by atoms with Gasteiger partial charge in [-0.15, -0.1) is 0 Å². The summed E-state index contributed by atoms with van der Waals surface area (Å²) < 4.78 is 4.72. The quantitative estimate of drug-likeness (QED) is 0.682. The number of ether oxygens (including phenoxy) is 1. The summed E-state index contributed by atoms with van der Waals surface area (Å²) in [5.74, 6) is -0.428. The molecule has 1 rings (SSSR count). The van der Waals surface area contributed by atoms with Crippen LogP contribution < -0.4 is 5.32 Å². The van der Waals surface area contributed by atoms with E-state index in [-0.39, 0.29) is 11.6 Å². The topological polar surface area (TPSA) is 38.3 Å². The third kappa shape index (κ3) is 1.91. The summed E-state index contributed by atoms with van der Waals surface area (Å²) in [5, 5.41) is 3.30. The molecule has 0 spiro atoms. The highest BCUT2D eigenvalue weighted by Crippen LogP contribution is 2.17. The number of carbonyl (C=O) groups excluding carboxylic acids is 1. The van der Waals surface area contributed by atoms with Gasteiger partial charge in [-0.25, -0.2) is 4.79 Å².